The Kier molecular flexibility index (Phi) is 6.69. The number of nitrogens with zero attached hydrogens (tertiary/aromatic N) is 1. The monoisotopic (exact) mass is 374 g/mol. The highest BCUT2D eigenvalue weighted by Gasteiger charge is 2.45. The van der Waals surface area contributed by atoms with Crippen LogP contribution in [0.1, 0.15) is 50.5 Å². The number of nitrogens with one attached hydrogen (secondary N) is 3. The molecule has 1 aromatic carbocycles. The zero-order chi connectivity index (χ0) is 19.1. The number of halogens is 1. The number of amides is 1. The third kappa shape index (κ3) is 5.21. The first-order valence-corrected chi connectivity index (χ1v) is 10.1. The molecule has 0 aliphatic heterocycles. The molecule has 148 valence electrons. The largest absolute Gasteiger partial charge is 0.356 e. The summed E-state index contributed by atoms with van der Waals surface area (Å²) >= 11 is 0. The van der Waals surface area contributed by atoms with Crippen molar-refractivity contribution < 1.29 is 9.18 Å². The van der Waals surface area contributed by atoms with Crippen molar-refractivity contribution in [2.45, 2.75) is 50.4 Å². The van der Waals surface area contributed by atoms with E-state index in [0.29, 0.717) is 25.6 Å². The second-order valence-corrected chi connectivity index (χ2v) is 7.74. The summed E-state index contributed by atoms with van der Waals surface area (Å²) in [7, 11) is 1.72. The number of carbonyl (C=O) groups excluding carboxylic acids is 1. The maximum atomic E-state index is 14.1. The summed E-state index contributed by atoms with van der Waals surface area (Å²) < 4.78 is 14.1. The van der Waals surface area contributed by atoms with Gasteiger partial charge >= 0.3 is 0 Å². The van der Waals surface area contributed by atoms with E-state index in [1.54, 1.807) is 13.1 Å². The van der Waals surface area contributed by atoms with E-state index in [1.807, 2.05) is 12.1 Å². The van der Waals surface area contributed by atoms with Crippen molar-refractivity contribution in [3.8, 4) is 0 Å². The molecular formula is C21H31FN4O. The molecule has 2 aliphatic rings. The van der Waals surface area contributed by atoms with Crippen LogP contribution in [-0.4, -0.2) is 38.5 Å². The van der Waals surface area contributed by atoms with Crippen LogP contribution >= 0.6 is 0 Å². The van der Waals surface area contributed by atoms with Crippen LogP contribution < -0.4 is 16.0 Å². The first kappa shape index (κ1) is 19.6. The van der Waals surface area contributed by atoms with Gasteiger partial charge in [0.15, 0.2) is 5.96 Å². The van der Waals surface area contributed by atoms with Gasteiger partial charge in [0.1, 0.15) is 5.82 Å². The second-order valence-electron chi connectivity index (χ2n) is 7.74. The number of aliphatic imine (C=N–C) groups is 1. The molecule has 2 aliphatic carbocycles. The lowest BCUT2D eigenvalue weighted by atomic mass is 9.89. The van der Waals surface area contributed by atoms with Crippen molar-refractivity contribution in [3.05, 3.63) is 35.6 Å². The zero-order valence-corrected chi connectivity index (χ0v) is 16.2. The van der Waals surface area contributed by atoms with Crippen LogP contribution in [0.25, 0.3) is 0 Å². The minimum atomic E-state index is -0.134. The van der Waals surface area contributed by atoms with Gasteiger partial charge in [-0.3, -0.25) is 9.79 Å². The fraction of sp³-hybridized carbons (Fsp3) is 0.619. The third-order valence-corrected chi connectivity index (χ3v) is 5.81. The Balaban J connectivity index is 1.39. The van der Waals surface area contributed by atoms with E-state index in [1.165, 1.54) is 12.5 Å². The molecule has 1 amide bonds. The lowest BCUT2D eigenvalue weighted by Crippen LogP contribution is -2.44. The van der Waals surface area contributed by atoms with Crippen molar-refractivity contribution in [1.29, 1.82) is 0 Å². The molecule has 0 aromatic heterocycles. The molecule has 0 saturated heterocycles. The van der Waals surface area contributed by atoms with E-state index in [2.05, 4.69) is 20.9 Å². The molecule has 0 unspecified atom stereocenters. The molecule has 0 radical (unpaired) electrons. The van der Waals surface area contributed by atoms with Crippen molar-refractivity contribution in [2.75, 3.05) is 26.7 Å². The maximum absolute atomic E-state index is 14.1. The van der Waals surface area contributed by atoms with Crippen LogP contribution in [-0.2, 0) is 10.2 Å². The van der Waals surface area contributed by atoms with Crippen molar-refractivity contribution in [2.24, 2.45) is 10.9 Å². The Labute approximate surface area is 161 Å². The smallest absolute Gasteiger partial charge is 0.223 e. The van der Waals surface area contributed by atoms with Crippen LogP contribution in [0.5, 0.6) is 0 Å². The van der Waals surface area contributed by atoms with Crippen LogP contribution in [0.3, 0.4) is 0 Å². The predicted molar refractivity (Wildman–Crippen MR) is 106 cm³/mol. The van der Waals surface area contributed by atoms with Gasteiger partial charge in [0.25, 0.3) is 0 Å². The van der Waals surface area contributed by atoms with Crippen LogP contribution in [0, 0.1) is 11.7 Å². The van der Waals surface area contributed by atoms with Crippen LogP contribution in [0.15, 0.2) is 29.3 Å². The van der Waals surface area contributed by atoms with Crippen LogP contribution in [0.4, 0.5) is 4.39 Å². The second kappa shape index (κ2) is 9.20. The molecule has 2 saturated carbocycles. The molecule has 3 N–H and O–H groups in total. The number of benzene rings is 1. The molecule has 1 aromatic rings. The van der Waals surface area contributed by atoms with Gasteiger partial charge in [0.2, 0.25) is 5.91 Å². The van der Waals surface area contributed by atoms with Crippen molar-refractivity contribution in [3.63, 3.8) is 0 Å². The van der Waals surface area contributed by atoms with Gasteiger partial charge in [-0.1, -0.05) is 37.5 Å². The topological polar surface area (TPSA) is 65.5 Å². The Morgan fingerprint density at radius 2 is 1.81 bits per heavy atom. The lowest BCUT2D eigenvalue weighted by Gasteiger charge is -2.21. The minimum Gasteiger partial charge on any atom is -0.356 e. The summed E-state index contributed by atoms with van der Waals surface area (Å²) in [6.07, 6.45) is 7.57. The maximum Gasteiger partial charge on any atom is 0.223 e. The normalized spacial score (nSPS) is 19.4. The highest BCUT2D eigenvalue weighted by Crippen LogP contribution is 2.48. The predicted octanol–water partition coefficient (Wildman–Crippen LogP) is 2.72. The average Bonchev–Trinajstić information content (AvgIpc) is 3.49. The Hall–Kier alpha value is -2.11. The minimum absolute atomic E-state index is 0.127. The highest BCUT2D eigenvalue weighted by atomic mass is 19.1. The number of hydrogen-bond acceptors (Lipinski definition) is 2. The van der Waals surface area contributed by atoms with Gasteiger partial charge in [-0.2, -0.15) is 0 Å². The Bertz CT molecular complexity index is 666. The number of carbonyl (C=O) groups is 1. The van der Waals surface area contributed by atoms with Gasteiger partial charge in [0, 0.05) is 38.0 Å². The molecule has 27 heavy (non-hydrogen) atoms. The molecule has 2 fully saturated rings. The molecule has 0 atom stereocenters. The van der Waals surface area contributed by atoms with Gasteiger partial charge in [-0.25, -0.2) is 4.39 Å². The van der Waals surface area contributed by atoms with E-state index >= 15 is 0 Å². The summed E-state index contributed by atoms with van der Waals surface area (Å²) in [6, 6.07) is 7.02. The van der Waals surface area contributed by atoms with Gasteiger partial charge < -0.3 is 16.0 Å². The first-order valence-electron chi connectivity index (χ1n) is 10.1. The molecule has 5 nitrogen and oxygen atoms in total. The standard InChI is InChI=1S/C21H31FN4O/c1-23-20(25-14-13-24-19(27)16-7-3-2-4-8-16)26-15-21(11-12-21)17-9-5-6-10-18(17)22/h5-6,9-10,16H,2-4,7-8,11-15H2,1H3,(H,24,27)(H2,23,25,26). The van der Waals surface area contributed by atoms with Crippen LogP contribution in [0.2, 0.25) is 0 Å². The quantitative estimate of drug-likeness (QED) is 0.391. The molecule has 0 bridgehead atoms. The first-order chi connectivity index (χ1) is 13.1. The molecule has 0 spiro atoms. The third-order valence-electron chi connectivity index (χ3n) is 5.81. The van der Waals surface area contributed by atoms with E-state index in [-0.39, 0.29) is 23.1 Å². The van der Waals surface area contributed by atoms with Gasteiger partial charge in [-0.15, -0.1) is 0 Å². The lowest BCUT2D eigenvalue weighted by molar-refractivity contribution is -0.125. The van der Waals surface area contributed by atoms with Crippen molar-refractivity contribution in [1.82, 2.24) is 16.0 Å². The van der Waals surface area contributed by atoms with Crippen molar-refractivity contribution >= 4 is 11.9 Å². The summed E-state index contributed by atoms with van der Waals surface area (Å²) in [6.45, 7) is 1.85. The molecule has 3 rings (SSSR count). The fourth-order valence-electron chi connectivity index (χ4n) is 3.93. The Morgan fingerprint density at radius 3 is 2.48 bits per heavy atom. The van der Waals surface area contributed by atoms with Gasteiger partial charge in [-0.05, 0) is 37.3 Å². The highest BCUT2D eigenvalue weighted by molar-refractivity contribution is 5.80. The summed E-state index contributed by atoms with van der Waals surface area (Å²) in [5.74, 6) is 0.914. The fourth-order valence-corrected chi connectivity index (χ4v) is 3.93. The summed E-state index contributed by atoms with van der Waals surface area (Å²) in [5, 5.41) is 9.55. The van der Waals surface area contributed by atoms with E-state index < -0.39 is 0 Å². The van der Waals surface area contributed by atoms with E-state index in [4.69, 9.17) is 0 Å². The molecule has 0 heterocycles. The summed E-state index contributed by atoms with van der Waals surface area (Å²) in [5.41, 5.74) is 0.658. The summed E-state index contributed by atoms with van der Waals surface area (Å²) in [4.78, 5) is 16.4. The number of guanidine groups is 1. The molecular weight excluding hydrogens is 343 g/mol. The zero-order valence-electron chi connectivity index (χ0n) is 16.2. The van der Waals surface area contributed by atoms with E-state index in [0.717, 1.165) is 44.1 Å². The Morgan fingerprint density at radius 1 is 1.11 bits per heavy atom. The number of rotatable bonds is 7. The van der Waals surface area contributed by atoms with Gasteiger partial charge in [0.05, 0.1) is 0 Å². The molecule has 6 heteroatoms. The average molecular weight is 375 g/mol. The van der Waals surface area contributed by atoms with E-state index in [9.17, 15) is 9.18 Å². The number of hydrogen-bond donors (Lipinski definition) is 3. The SMILES string of the molecule is CN=C(NCCNC(=O)C1CCCCC1)NCC1(c2ccccc2F)CC1.